The molecule has 0 aliphatic carbocycles. The van der Waals surface area contributed by atoms with E-state index >= 15 is 0 Å². The smallest absolute Gasteiger partial charge is 0.343 e. The molecule has 3 aromatic rings. The van der Waals surface area contributed by atoms with Crippen LogP contribution in [0.15, 0.2) is 35.4 Å². The van der Waals surface area contributed by atoms with Gasteiger partial charge in [0.1, 0.15) is 11.5 Å². The Bertz CT molecular complexity index is 971. The standard InChI is InChI=1S/C17H19N7O2/c1-17(2,3)12-8-11(20-16(26)21-12)15(25)19-9-13-22-14(24-23-13)10-4-6-18-7-5-10/h4-8H,9H2,1-3H3,(H,19,25)(H,20,21,26)(H,22,23,24). The van der Waals surface area contributed by atoms with Crippen molar-refractivity contribution >= 4 is 5.91 Å². The summed E-state index contributed by atoms with van der Waals surface area (Å²) in [7, 11) is 0. The van der Waals surface area contributed by atoms with Crippen molar-refractivity contribution in [1.82, 2.24) is 35.5 Å². The topological polar surface area (TPSA) is 129 Å². The minimum atomic E-state index is -0.554. The van der Waals surface area contributed by atoms with Crippen LogP contribution in [0.4, 0.5) is 0 Å². The van der Waals surface area contributed by atoms with Crippen LogP contribution in [0.2, 0.25) is 0 Å². The lowest BCUT2D eigenvalue weighted by Gasteiger charge is -2.18. The van der Waals surface area contributed by atoms with E-state index in [2.05, 4.69) is 35.5 Å². The predicted molar refractivity (Wildman–Crippen MR) is 94.3 cm³/mol. The van der Waals surface area contributed by atoms with Gasteiger partial charge in [0.05, 0.1) is 6.54 Å². The van der Waals surface area contributed by atoms with Crippen molar-refractivity contribution in [2.75, 3.05) is 0 Å². The Morgan fingerprint density at radius 3 is 2.62 bits per heavy atom. The molecule has 3 heterocycles. The van der Waals surface area contributed by atoms with Crippen LogP contribution < -0.4 is 11.0 Å². The van der Waals surface area contributed by atoms with E-state index in [9.17, 15) is 9.59 Å². The minimum absolute atomic E-state index is 0.0625. The molecule has 0 saturated carbocycles. The third-order valence-electron chi connectivity index (χ3n) is 3.67. The molecule has 3 rings (SSSR count). The summed E-state index contributed by atoms with van der Waals surface area (Å²) in [5, 5.41) is 9.57. The second-order valence-electron chi connectivity index (χ2n) is 6.76. The Balaban J connectivity index is 1.71. The Labute approximate surface area is 149 Å². The number of H-pyrrole nitrogens is 2. The molecule has 26 heavy (non-hydrogen) atoms. The molecule has 0 spiro atoms. The number of amides is 1. The minimum Gasteiger partial charge on any atom is -0.343 e. The molecule has 0 aliphatic heterocycles. The van der Waals surface area contributed by atoms with Gasteiger partial charge in [-0.05, 0) is 18.2 Å². The average molecular weight is 353 g/mol. The summed E-state index contributed by atoms with van der Waals surface area (Å²) in [5.74, 6) is 0.551. The second-order valence-corrected chi connectivity index (χ2v) is 6.76. The Morgan fingerprint density at radius 2 is 1.92 bits per heavy atom. The maximum absolute atomic E-state index is 12.3. The number of rotatable bonds is 4. The van der Waals surface area contributed by atoms with E-state index in [1.165, 1.54) is 0 Å². The van der Waals surface area contributed by atoms with E-state index in [0.717, 1.165) is 5.56 Å². The molecular weight excluding hydrogens is 334 g/mol. The molecule has 0 unspecified atom stereocenters. The summed E-state index contributed by atoms with van der Waals surface area (Å²) in [6, 6.07) is 5.17. The molecule has 0 fully saturated rings. The van der Waals surface area contributed by atoms with Gasteiger partial charge >= 0.3 is 5.69 Å². The first-order chi connectivity index (χ1) is 12.3. The molecule has 134 valence electrons. The number of aromatic nitrogens is 6. The first-order valence-corrected chi connectivity index (χ1v) is 8.04. The molecule has 0 saturated heterocycles. The van der Waals surface area contributed by atoms with Gasteiger partial charge in [-0.2, -0.15) is 10.1 Å². The molecule has 3 N–H and O–H groups in total. The zero-order chi connectivity index (χ0) is 18.7. The van der Waals surface area contributed by atoms with Crippen molar-refractivity contribution in [2.24, 2.45) is 0 Å². The van der Waals surface area contributed by atoms with Crippen LogP contribution in [-0.4, -0.2) is 36.0 Å². The Morgan fingerprint density at radius 1 is 1.19 bits per heavy atom. The monoisotopic (exact) mass is 353 g/mol. The first kappa shape index (κ1) is 17.5. The molecule has 9 nitrogen and oxygen atoms in total. The number of nitrogens with zero attached hydrogens (tertiary/aromatic N) is 4. The van der Waals surface area contributed by atoms with Crippen LogP contribution in [-0.2, 0) is 12.0 Å². The quantitative estimate of drug-likeness (QED) is 0.646. The Kier molecular flexibility index (Phi) is 4.61. The van der Waals surface area contributed by atoms with Crippen LogP contribution in [0.3, 0.4) is 0 Å². The van der Waals surface area contributed by atoms with Gasteiger partial charge in [0.25, 0.3) is 5.91 Å². The Hall–Kier alpha value is -3.36. The normalized spacial score (nSPS) is 11.3. The second kappa shape index (κ2) is 6.87. The van der Waals surface area contributed by atoms with Gasteiger partial charge < -0.3 is 10.3 Å². The van der Waals surface area contributed by atoms with Crippen molar-refractivity contribution in [3.05, 3.63) is 58.3 Å². The van der Waals surface area contributed by atoms with Crippen LogP contribution in [0.1, 0.15) is 42.8 Å². The average Bonchev–Trinajstić information content (AvgIpc) is 3.08. The van der Waals surface area contributed by atoms with Gasteiger partial charge in [0, 0.05) is 29.1 Å². The van der Waals surface area contributed by atoms with Crippen molar-refractivity contribution in [3.8, 4) is 11.4 Å². The van der Waals surface area contributed by atoms with Gasteiger partial charge in [-0.25, -0.2) is 9.78 Å². The molecule has 0 aliphatic rings. The van der Waals surface area contributed by atoms with E-state index in [1.807, 2.05) is 20.8 Å². The lowest BCUT2D eigenvalue weighted by molar-refractivity contribution is 0.0944. The summed E-state index contributed by atoms with van der Waals surface area (Å²) < 4.78 is 0. The number of aromatic amines is 2. The molecule has 9 heteroatoms. The summed E-state index contributed by atoms with van der Waals surface area (Å²) in [6.07, 6.45) is 3.30. The summed E-state index contributed by atoms with van der Waals surface area (Å²) in [4.78, 5) is 38.7. The maximum atomic E-state index is 12.3. The van der Waals surface area contributed by atoms with E-state index in [0.29, 0.717) is 17.3 Å². The molecule has 3 aromatic heterocycles. The highest BCUT2D eigenvalue weighted by atomic mass is 16.2. The molecule has 0 atom stereocenters. The van der Waals surface area contributed by atoms with Crippen molar-refractivity contribution in [3.63, 3.8) is 0 Å². The van der Waals surface area contributed by atoms with E-state index in [4.69, 9.17) is 0 Å². The van der Waals surface area contributed by atoms with E-state index in [-0.39, 0.29) is 17.7 Å². The number of hydrogen-bond donors (Lipinski definition) is 3. The third-order valence-corrected chi connectivity index (χ3v) is 3.67. The van der Waals surface area contributed by atoms with Crippen molar-refractivity contribution in [1.29, 1.82) is 0 Å². The lowest BCUT2D eigenvalue weighted by Crippen LogP contribution is -2.29. The number of pyridine rings is 1. The van der Waals surface area contributed by atoms with Gasteiger partial charge in [-0.3, -0.25) is 14.9 Å². The number of carbonyl (C=O) groups is 1. The molecule has 0 aromatic carbocycles. The number of hydrogen-bond acceptors (Lipinski definition) is 6. The molecule has 0 radical (unpaired) electrons. The highest BCUT2D eigenvalue weighted by Gasteiger charge is 2.19. The zero-order valence-electron chi connectivity index (χ0n) is 14.7. The van der Waals surface area contributed by atoms with Crippen LogP contribution in [0.5, 0.6) is 0 Å². The van der Waals surface area contributed by atoms with E-state index in [1.54, 1.807) is 30.6 Å². The highest BCUT2D eigenvalue weighted by Crippen LogP contribution is 2.19. The summed E-state index contributed by atoms with van der Waals surface area (Å²) in [5.41, 5.74) is 0.665. The third kappa shape index (κ3) is 4.00. The zero-order valence-corrected chi connectivity index (χ0v) is 14.7. The summed E-state index contributed by atoms with van der Waals surface area (Å²) in [6.45, 7) is 5.95. The SMILES string of the molecule is CC(C)(C)c1cc(C(=O)NCc2nc(-c3ccncc3)n[nH]2)nc(=O)[nH]1. The van der Waals surface area contributed by atoms with Gasteiger partial charge in [0.15, 0.2) is 5.82 Å². The largest absolute Gasteiger partial charge is 0.345 e. The van der Waals surface area contributed by atoms with Crippen LogP contribution in [0.25, 0.3) is 11.4 Å². The first-order valence-electron chi connectivity index (χ1n) is 8.04. The van der Waals surface area contributed by atoms with Gasteiger partial charge in [-0.15, -0.1) is 0 Å². The van der Waals surface area contributed by atoms with Gasteiger partial charge in [-0.1, -0.05) is 20.8 Å². The fraction of sp³-hybridized carbons (Fsp3) is 0.294. The molecular formula is C17H19N7O2. The van der Waals surface area contributed by atoms with Crippen molar-refractivity contribution in [2.45, 2.75) is 32.7 Å². The lowest BCUT2D eigenvalue weighted by atomic mass is 9.91. The van der Waals surface area contributed by atoms with Crippen molar-refractivity contribution < 1.29 is 4.79 Å². The maximum Gasteiger partial charge on any atom is 0.345 e. The van der Waals surface area contributed by atoms with Crippen LogP contribution >= 0.6 is 0 Å². The van der Waals surface area contributed by atoms with Crippen LogP contribution in [0, 0.1) is 0 Å². The molecule has 0 bridgehead atoms. The predicted octanol–water partition coefficient (Wildman–Crippen LogP) is 1.18. The summed E-state index contributed by atoms with van der Waals surface area (Å²) >= 11 is 0. The molecule has 1 amide bonds. The fourth-order valence-electron chi connectivity index (χ4n) is 2.24. The number of carbonyl (C=O) groups excluding carboxylic acids is 1. The highest BCUT2D eigenvalue weighted by molar-refractivity contribution is 5.92. The number of nitrogens with one attached hydrogen (secondary N) is 3. The van der Waals surface area contributed by atoms with Gasteiger partial charge in [0.2, 0.25) is 0 Å². The fourth-order valence-corrected chi connectivity index (χ4v) is 2.24. The van der Waals surface area contributed by atoms with E-state index < -0.39 is 11.6 Å².